The van der Waals surface area contributed by atoms with Gasteiger partial charge < -0.3 is 20.1 Å². The quantitative estimate of drug-likeness (QED) is 0.0812. The van der Waals surface area contributed by atoms with Gasteiger partial charge in [-0.25, -0.2) is 9.59 Å². The van der Waals surface area contributed by atoms with Gasteiger partial charge in [-0.2, -0.15) is 0 Å². The van der Waals surface area contributed by atoms with Crippen LogP contribution in [0.4, 0.5) is 11.4 Å². The van der Waals surface area contributed by atoms with Gasteiger partial charge in [-0.15, -0.1) is 0 Å². The lowest BCUT2D eigenvalue weighted by atomic mass is 10.2. The van der Waals surface area contributed by atoms with Crippen LogP contribution in [0.25, 0.3) is 0 Å². The Bertz CT molecular complexity index is 1400. The Hall–Kier alpha value is -4.54. The van der Waals surface area contributed by atoms with Crippen molar-refractivity contribution >= 4 is 56.7 Å². The van der Waals surface area contributed by atoms with Crippen LogP contribution in [-0.4, -0.2) is 35.3 Å². The van der Waals surface area contributed by atoms with E-state index >= 15 is 0 Å². The zero-order chi connectivity index (χ0) is 31.0. The third kappa shape index (κ3) is 11.3. The van der Waals surface area contributed by atoms with E-state index in [2.05, 4.69) is 10.6 Å². The molecular weight excluding hydrogens is 597 g/mol. The number of benzene rings is 4. The van der Waals surface area contributed by atoms with Gasteiger partial charge in [-0.3, -0.25) is 9.59 Å². The Morgan fingerprint density at radius 3 is 1.23 bits per heavy atom. The lowest BCUT2D eigenvalue weighted by molar-refractivity contribution is -0.116. The van der Waals surface area contributed by atoms with Crippen LogP contribution in [0.15, 0.2) is 109 Å². The number of rotatable bonds is 15. The van der Waals surface area contributed by atoms with E-state index in [-0.39, 0.29) is 25.0 Å². The topological polar surface area (TPSA) is 111 Å². The summed E-state index contributed by atoms with van der Waals surface area (Å²) in [5.41, 5.74) is 3.83. The van der Waals surface area contributed by atoms with Crippen LogP contribution in [0.5, 0.6) is 0 Å². The highest BCUT2D eigenvalue weighted by Gasteiger charge is 2.10. The van der Waals surface area contributed by atoms with E-state index < -0.39 is 11.9 Å². The summed E-state index contributed by atoms with van der Waals surface area (Å²) in [6, 6.07) is 32.0. The summed E-state index contributed by atoms with van der Waals surface area (Å²) >= 11 is 0. The first-order chi connectivity index (χ1) is 21.5. The van der Waals surface area contributed by atoms with Crippen LogP contribution in [0.2, 0.25) is 0 Å². The van der Waals surface area contributed by atoms with E-state index in [9.17, 15) is 19.2 Å². The molecule has 0 bridgehead atoms. The minimum Gasteiger partial charge on any atom is -0.457 e. The van der Waals surface area contributed by atoms with Gasteiger partial charge in [0.1, 0.15) is 13.2 Å². The molecule has 4 aromatic rings. The summed E-state index contributed by atoms with van der Waals surface area (Å²) in [5.74, 6) is 0.0468. The number of carbonyl (C=O) groups excluding carboxylic acids is 4. The van der Waals surface area contributed by atoms with E-state index in [0.717, 1.165) is 11.1 Å². The summed E-state index contributed by atoms with van der Waals surface area (Å²) in [5, 5.41) is 5.64. The van der Waals surface area contributed by atoms with Gasteiger partial charge in [0.25, 0.3) is 0 Å². The fraction of sp³-hybridized carbons (Fsp3) is 0.176. The van der Waals surface area contributed by atoms with Crippen molar-refractivity contribution in [2.45, 2.75) is 26.1 Å². The van der Waals surface area contributed by atoms with Gasteiger partial charge in [0, 0.05) is 35.7 Å². The van der Waals surface area contributed by atoms with Gasteiger partial charge in [0.05, 0.1) is 11.1 Å². The highest BCUT2D eigenvalue weighted by molar-refractivity contribution is 8.76. The molecule has 0 aliphatic heterocycles. The Balaban J connectivity index is 1.05. The van der Waals surface area contributed by atoms with Crippen molar-refractivity contribution < 1.29 is 28.7 Å². The van der Waals surface area contributed by atoms with Gasteiger partial charge in [0.2, 0.25) is 11.8 Å². The monoisotopic (exact) mass is 628 g/mol. The Kier molecular flexibility index (Phi) is 12.9. The molecule has 0 unspecified atom stereocenters. The molecule has 10 heteroatoms. The summed E-state index contributed by atoms with van der Waals surface area (Å²) in [4.78, 5) is 49.1. The van der Waals surface area contributed by atoms with Gasteiger partial charge in [-0.1, -0.05) is 82.3 Å². The first-order valence-corrected chi connectivity index (χ1v) is 16.4. The molecule has 2 amide bonds. The molecule has 0 heterocycles. The minimum atomic E-state index is -0.427. The maximum atomic E-state index is 12.3. The molecule has 0 saturated heterocycles. The SMILES string of the molecule is O=C(CCSSCCC(=O)Nc1ccc(C(=O)OCc2ccccc2)cc1)Nc1ccc(C(=O)OCc2ccccc2)cc1. The molecule has 0 spiro atoms. The molecule has 0 aliphatic carbocycles. The number of carbonyl (C=O) groups is 4. The second-order valence-electron chi connectivity index (χ2n) is 9.52. The third-order valence-electron chi connectivity index (χ3n) is 6.14. The zero-order valence-corrected chi connectivity index (χ0v) is 25.5. The van der Waals surface area contributed by atoms with E-state index in [1.807, 2.05) is 60.7 Å². The van der Waals surface area contributed by atoms with Gasteiger partial charge >= 0.3 is 11.9 Å². The van der Waals surface area contributed by atoms with E-state index in [4.69, 9.17) is 9.47 Å². The zero-order valence-electron chi connectivity index (χ0n) is 23.9. The third-order valence-corrected chi connectivity index (χ3v) is 8.55. The molecule has 0 aliphatic rings. The van der Waals surface area contributed by atoms with Crippen molar-refractivity contribution in [3.8, 4) is 0 Å². The highest BCUT2D eigenvalue weighted by Crippen LogP contribution is 2.23. The molecule has 0 radical (unpaired) electrons. The molecule has 4 rings (SSSR count). The largest absolute Gasteiger partial charge is 0.457 e. The highest BCUT2D eigenvalue weighted by atomic mass is 33.1. The average molecular weight is 629 g/mol. The van der Waals surface area contributed by atoms with Crippen LogP contribution in [0.1, 0.15) is 44.7 Å². The summed E-state index contributed by atoms with van der Waals surface area (Å²) in [6.07, 6.45) is 0.621. The van der Waals surface area contributed by atoms with Crippen molar-refractivity contribution in [1.82, 2.24) is 0 Å². The summed E-state index contributed by atoms with van der Waals surface area (Å²) < 4.78 is 10.6. The number of hydrogen-bond donors (Lipinski definition) is 2. The second-order valence-corrected chi connectivity index (χ2v) is 12.2. The fourth-order valence-corrected chi connectivity index (χ4v) is 5.81. The number of amides is 2. The lowest BCUT2D eigenvalue weighted by Crippen LogP contribution is -2.13. The van der Waals surface area contributed by atoms with Crippen molar-refractivity contribution in [3.05, 3.63) is 131 Å². The molecule has 0 aromatic heterocycles. The Labute approximate surface area is 264 Å². The molecule has 0 atom stereocenters. The predicted molar refractivity (Wildman–Crippen MR) is 175 cm³/mol. The number of anilines is 2. The van der Waals surface area contributed by atoms with Crippen LogP contribution in [-0.2, 0) is 32.3 Å². The molecule has 8 nitrogen and oxygen atoms in total. The smallest absolute Gasteiger partial charge is 0.338 e. The minimum absolute atomic E-state index is 0.136. The van der Waals surface area contributed by atoms with E-state index in [0.29, 0.717) is 46.8 Å². The maximum Gasteiger partial charge on any atom is 0.338 e. The van der Waals surface area contributed by atoms with Gasteiger partial charge in [0.15, 0.2) is 0 Å². The number of esters is 2. The molecule has 226 valence electrons. The van der Waals surface area contributed by atoms with Crippen LogP contribution in [0, 0.1) is 0 Å². The molecular formula is C34H32N2O6S2. The molecule has 0 saturated carbocycles. The Morgan fingerprint density at radius 1 is 0.500 bits per heavy atom. The molecule has 0 fully saturated rings. The first-order valence-electron chi connectivity index (χ1n) is 13.9. The van der Waals surface area contributed by atoms with Crippen molar-refractivity contribution in [2.75, 3.05) is 22.1 Å². The number of ether oxygens (including phenoxy) is 2. The van der Waals surface area contributed by atoms with Gasteiger partial charge in [-0.05, 0) is 59.7 Å². The maximum absolute atomic E-state index is 12.3. The van der Waals surface area contributed by atoms with Crippen LogP contribution in [0.3, 0.4) is 0 Å². The predicted octanol–water partition coefficient (Wildman–Crippen LogP) is 7.14. The lowest BCUT2D eigenvalue weighted by Gasteiger charge is -2.08. The van der Waals surface area contributed by atoms with E-state index in [1.165, 1.54) is 21.6 Å². The molecule has 2 N–H and O–H groups in total. The van der Waals surface area contributed by atoms with Crippen molar-refractivity contribution in [2.24, 2.45) is 0 Å². The van der Waals surface area contributed by atoms with Crippen molar-refractivity contribution in [1.29, 1.82) is 0 Å². The van der Waals surface area contributed by atoms with Crippen LogP contribution >= 0.6 is 21.6 Å². The van der Waals surface area contributed by atoms with Crippen molar-refractivity contribution in [3.63, 3.8) is 0 Å². The normalized spacial score (nSPS) is 10.5. The number of hydrogen-bond acceptors (Lipinski definition) is 8. The second kappa shape index (κ2) is 17.5. The van der Waals surface area contributed by atoms with E-state index in [1.54, 1.807) is 48.5 Å². The average Bonchev–Trinajstić information content (AvgIpc) is 3.05. The molecule has 4 aromatic carbocycles. The first kappa shape index (κ1) is 32.4. The summed E-state index contributed by atoms with van der Waals surface area (Å²) in [7, 11) is 3.04. The fourth-order valence-electron chi connectivity index (χ4n) is 3.83. The van der Waals surface area contributed by atoms with Crippen LogP contribution < -0.4 is 10.6 Å². The standard InChI is InChI=1S/C34H32N2O6S2/c37-31(35-29-15-11-27(12-16-29)33(39)41-23-25-7-3-1-4-8-25)19-21-43-44-22-20-32(38)36-30-17-13-28(14-18-30)34(40)42-24-26-9-5-2-6-10-26/h1-18H,19-24H2,(H,35,37)(H,36,38). The summed E-state index contributed by atoms with van der Waals surface area (Å²) in [6.45, 7) is 0.393. The molecule has 44 heavy (non-hydrogen) atoms. The Morgan fingerprint density at radius 2 is 0.864 bits per heavy atom. The number of nitrogens with one attached hydrogen (secondary N) is 2.